The van der Waals surface area contributed by atoms with E-state index in [1.165, 1.54) is 27.5 Å². The van der Waals surface area contributed by atoms with Crippen LogP contribution in [0.5, 0.6) is 5.75 Å². The molecule has 6 rings (SSSR count). The highest BCUT2D eigenvalue weighted by Gasteiger charge is 2.25. The van der Waals surface area contributed by atoms with Crippen molar-refractivity contribution in [2.24, 2.45) is 0 Å². The Morgan fingerprint density at radius 2 is 2.00 bits per heavy atom. The Bertz CT molecular complexity index is 1680. The van der Waals surface area contributed by atoms with E-state index in [0.29, 0.717) is 23.9 Å². The number of aryl methyl sites for hydroxylation is 1. The molecule has 2 aromatic carbocycles. The van der Waals surface area contributed by atoms with Crippen molar-refractivity contribution in [3.05, 3.63) is 59.5 Å². The molecule has 1 aliphatic heterocycles. The molecule has 1 saturated heterocycles. The van der Waals surface area contributed by atoms with Gasteiger partial charge in [-0.3, -0.25) is 4.79 Å². The molecule has 0 aliphatic carbocycles. The largest absolute Gasteiger partial charge is 0.493 e. The number of ether oxygens (including phenoxy) is 1. The van der Waals surface area contributed by atoms with Crippen molar-refractivity contribution < 1.29 is 9.53 Å². The maximum Gasteiger partial charge on any atom is 0.236 e. The highest BCUT2D eigenvalue weighted by atomic mass is 16.5. The molecule has 1 unspecified atom stereocenters. The van der Waals surface area contributed by atoms with Crippen LogP contribution in [0.25, 0.3) is 38.6 Å². The van der Waals surface area contributed by atoms with Crippen molar-refractivity contribution in [3.63, 3.8) is 0 Å². The number of carbonyl (C=O) groups excluding carboxylic acids is 1. The van der Waals surface area contributed by atoms with Gasteiger partial charge < -0.3 is 19.5 Å². The third-order valence-electron chi connectivity index (χ3n) is 8.05. The van der Waals surface area contributed by atoms with Crippen LogP contribution >= 0.6 is 0 Å². The van der Waals surface area contributed by atoms with Gasteiger partial charge in [0.15, 0.2) is 11.4 Å². The minimum Gasteiger partial charge on any atom is -0.493 e. The quantitative estimate of drug-likeness (QED) is 0.363. The maximum absolute atomic E-state index is 12.7. The topological polar surface area (TPSA) is 78.8 Å². The standard InChI is InChI=1S/C30H34N6O2/c1-18-19(2)29-24-11-20(21-7-6-10-35(14-21)28(37)16-34(3)4)8-9-25(24)33-26(29)13-23(18)22-12-27(38-5)30-31-17-32-36(30)15-22/h8-9,11-13,15,17,21,33H,6-7,10,14,16H2,1-5H3. The summed E-state index contributed by atoms with van der Waals surface area (Å²) in [5.74, 6) is 1.27. The fraction of sp³-hybridized carbons (Fsp3) is 0.367. The number of benzene rings is 2. The number of aromatic nitrogens is 4. The van der Waals surface area contributed by atoms with E-state index in [-0.39, 0.29) is 5.91 Å². The molecule has 0 bridgehead atoms. The second-order valence-electron chi connectivity index (χ2n) is 10.8. The van der Waals surface area contributed by atoms with Crippen LogP contribution in [-0.4, -0.2) is 76.1 Å². The zero-order chi connectivity index (χ0) is 26.6. The summed E-state index contributed by atoms with van der Waals surface area (Å²) in [5.41, 5.74) is 8.90. The minimum absolute atomic E-state index is 0.215. The maximum atomic E-state index is 12.7. The lowest BCUT2D eigenvalue weighted by Gasteiger charge is -2.33. The number of likely N-dealkylation sites (tertiary alicyclic amines) is 1. The number of amides is 1. The van der Waals surface area contributed by atoms with Crippen molar-refractivity contribution in [1.29, 1.82) is 0 Å². The van der Waals surface area contributed by atoms with Crippen LogP contribution in [0.3, 0.4) is 0 Å². The Labute approximate surface area is 222 Å². The van der Waals surface area contributed by atoms with Gasteiger partial charge in [-0.15, -0.1) is 0 Å². The molecule has 0 spiro atoms. The first-order chi connectivity index (χ1) is 18.3. The zero-order valence-corrected chi connectivity index (χ0v) is 22.7. The molecule has 196 valence electrons. The summed E-state index contributed by atoms with van der Waals surface area (Å²) < 4.78 is 7.37. The Morgan fingerprint density at radius 1 is 1.16 bits per heavy atom. The number of aromatic amines is 1. The third kappa shape index (κ3) is 4.09. The second-order valence-corrected chi connectivity index (χ2v) is 10.8. The number of carbonyl (C=O) groups is 1. The number of pyridine rings is 1. The van der Waals surface area contributed by atoms with Crippen molar-refractivity contribution in [2.75, 3.05) is 40.8 Å². The molecule has 0 saturated carbocycles. The van der Waals surface area contributed by atoms with Gasteiger partial charge in [0.05, 0.1) is 13.7 Å². The van der Waals surface area contributed by atoms with Crippen molar-refractivity contribution in [2.45, 2.75) is 32.6 Å². The molecule has 5 aromatic rings. The van der Waals surface area contributed by atoms with E-state index in [1.54, 1.807) is 18.0 Å². The van der Waals surface area contributed by atoms with Crippen molar-refractivity contribution in [1.82, 2.24) is 29.4 Å². The van der Waals surface area contributed by atoms with Crippen LogP contribution in [-0.2, 0) is 4.79 Å². The van der Waals surface area contributed by atoms with E-state index < -0.39 is 0 Å². The average Bonchev–Trinajstić information content (AvgIpc) is 3.54. The number of piperidine rings is 1. The third-order valence-corrected chi connectivity index (χ3v) is 8.05. The molecular formula is C30H34N6O2. The molecule has 8 heteroatoms. The highest BCUT2D eigenvalue weighted by Crippen LogP contribution is 2.39. The highest BCUT2D eigenvalue weighted by molar-refractivity contribution is 6.11. The molecule has 0 radical (unpaired) electrons. The summed E-state index contributed by atoms with van der Waals surface area (Å²) in [4.78, 5) is 24.7. The van der Waals surface area contributed by atoms with Crippen molar-refractivity contribution in [3.8, 4) is 16.9 Å². The van der Waals surface area contributed by atoms with Crippen LogP contribution in [0.2, 0.25) is 0 Å². The Kier molecular flexibility index (Phi) is 6.07. The lowest BCUT2D eigenvalue weighted by Crippen LogP contribution is -2.43. The number of nitrogens with one attached hydrogen (secondary N) is 1. The smallest absolute Gasteiger partial charge is 0.236 e. The van der Waals surface area contributed by atoms with Gasteiger partial charge in [-0.2, -0.15) is 5.10 Å². The summed E-state index contributed by atoms with van der Waals surface area (Å²) >= 11 is 0. The normalized spacial score (nSPS) is 16.3. The predicted octanol–water partition coefficient (Wildman–Crippen LogP) is 4.92. The van der Waals surface area contributed by atoms with Gasteiger partial charge in [-0.05, 0) is 87.3 Å². The van der Waals surface area contributed by atoms with Crippen LogP contribution in [0.4, 0.5) is 0 Å². The van der Waals surface area contributed by atoms with Gasteiger partial charge in [0.25, 0.3) is 0 Å². The summed E-state index contributed by atoms with van der Waals surface area (Å²) in [6, 6.07) is 11.0. The first kappa shape index (κ1) is 24.4. The molecule has 1 amide bonds. The minimum atomic E-state index is 0.215. The Hall–Kier alpha value is -3.91. The molecule has 1 atom stereocenters. The lowest BCUT2D eigenvalue weighted by atomic mass is 9.89. The van der Waals surface area contributed by atoms with Crippen LogP contribution in [0.1, 0.15) is 35.4 Å². The molecule has 38 heavy (non-hydrogen) atoms. The van der Waals surface area contributed by atoms with E-state index in [0.717, 1.165) is 48.1 Å². The molecule has 4 heterocycles. The number of nitrogens with zero attached hydrogens (tertiary/aromatic N) is 5. The molecule has 1 aliphatic rings. The first-order valence-corrected chi connectivity index (χ1v) is 13.2. The predicted molar refractivity (Wildman–Crippen MR) is 151 cm³/mol. The molecule has 3 aromatic heterocycles. The second kappa shape index (κ2) is 9.44. The summed E-state index contributed by atoms with van der Waals surface area (Å²) in [5, 5.41) is 6.84. The number of H-pyrrole nitrogens is 1. The van der Waals surface area contributed by atoms with E-state index in [1.807, 2.05) is 36.2 Å². The fourth-order valence-electron chi connectivity index (χ4n) is 5.98. The number of hydrogen-bond donors (Lipinski definition) is 1. The monoisotopic (exact) mass is 510 g/mol. The SMILES string of the molecule is COc1cc(-c2cc3[nH]c4ccc(C5CCCN(C(=O)CN(C)C)C5)cc4c3c(C)c2C)cn2ncnc12. The molecular weight excluding hydrogens is 476 g/mol. The number of fused-ring (bicyclic) bond motifs is 4. The zero-order valence-electron chi connectivity index (χ0n) is 22.7. The Balaban J connectivity index is 1.41. The molecule has 1 fully saturated rings. The van der Waals surface area contributed by atoms with Crippen LogP contribution in [0, 0.1) is 13.8 Å². The van der Waals surface area contributed by atoms with E-state index >= 15 is 0 Å². The van der Waals surface area contributed by atoms with Gasteiger partial charge in [0.1, 0.15) is 6.33 Å². The lowest BCUT2D eigenvalue weighted by molar-refractivity contribution is -0.133. The summed E-state index contributed by atoms with van der Waals surface area (Å²) in [7, 11) is 5.56. The average molecular weight is 511 g/mol. The molecule has 8 nitrogen and oxygen atoms in total. The van der Waals surface area contributed by atoms with Crippen LogP contribution < -0.4 is 4.74 Å². The van der Waals surface area contributed by atoms with Crippen LogP contribution in [0.15, 0.2) is 42.9 Å². The van der Waals surface area contributed by atoms with Gasteiger partial charge in [0.2, 0.25) is 5.91 Å². The van der Waals surface area contributed by atoms with E-state index in [2.05, 4.69) is 53.2 Å². The van der Waals surface area contributed by atoms with Gasteiger partial charge >= 0.3 is 0 Å². The van der Waals surface area contributed by atoms with E-state index in [4.69, 9.17) is 4.74 Å². The first-order valence-electron chi connectivity index (χ1n) is 13.2. The fourth-order valence-corrected chi connectivity index (χ4v) is 5.98. The number of methoxy groups -OCH3 is 1. The summed E-state index contributed by atoms with van der Waals surface area (Å²) in [6.07, 6.45) is 5.69. The Morgan fingerprint density at radius 3 is 2.79 bits per heavy atom. The molecule has 1 N–H and O–H groups in total. The number of likely N-dealkylation sites (N-methyl/N-ethyl adjacent to an activating group) is 1. The van der Waals surface area contributed by atoms with Crippen molar-refractivity contribution >= 4 is 33.4 Å². The van der Waals surface area contributed by atoms with Gasteiger partial charge in [-0.1, -0.05) is 6.07 Å². The van der Waals surface area contributed by atoms with E-state index in [9.17, 15) is 4.79 Å². The van der Waals surface area contributed by atoms with Gasteiger partial charge in [0, 0.05) is 52.6 Å². The summed E-state index contributed by atoms with van der Waals surface area (Å²) in [6.45, 7) is 6.49. The van der Waals surface area contributed by atoms with Gasteiger partial charge in [-0.25, -0.2) is 9.50 Å². The number of rotatable bonds is 5. The number of hydrogen-bond acceptors (Lipinski definition) is 5.